The molecule has 33 heavy (non-hydrogen) atoms. The molecule has 0 saturated carbocycles. The molecule has 5 unspecified atom stereocenters. The Bertz CT molecular complexity index is 805. The molecule has 0 heterocycles. The van der Waals surface area contributed by atoms with Gasteiger partial charge in [-0.15, -0.1) is 0 Å². The summed E-state index contributed by atoms with van der Waals surface area (Å²) in [7, 11) is 0. The number of rotatable bonds is 13. The van der Waals surface area contributed by atoms with Crippen LogP contribution in [0.15, 0.2) is 30.3 Å². The van der Waals surface area contributed by atoms with E-state index in [4.69, 9.17) is 10.8 Å². The molecule has 5 atom stereocenters. The highest BCUT2D eigenvalue weighted by Gasteiger charge is 2.33. The predicted molar refractivity (Wildman–Crippen MR) is 130 cm³/mol. The zero-order valence-corrected chi connectivity index (χ0v) is 20.5. The van der Waals surface area contributed by atoms with Gasteiger partial charge in [0.25, 0.3) is 0 Å². The third-order valence-corrected chi connectivity index (χ3v) is 5.84. The van der Waals surface area contributed by atoms with Gasteiger partial charge in [-0.05, 0) is 23.8 Å². The Morgan fingerprint density at radius 3 is 1.97 bits per heavy atom. The van der Waals surface area contributed by atoms with Crippen LogP contribution >= 0.6 is 12.6 Å². The minimum Gasteiger partial charge on any atom is -0.480 e. The first-order valence-electron chi connectivity index (χ1n) is 11.1. The van der Waals surface area contributed by atoms with E-state index in [0.717, 1.165) is 5.56 Å². The number of carboxylic acids is 1. The number of thiol groups is 1. The first kappa shape index (κ1) is 28.4. The Morgan fingerprint density at radius 2 is 1.48 bits per heavy atom. The number of carbonyl (C=O) groups excluding carboxylic acids is 3. The summed E-state index contributed by atoms with van der Waals surface area (Å²) < 4.78 is 0. The lowest BCUT2D eigenvalue weighted by molar-refractivity contribution is -0.142. The number of amides is 3. The average Bonchev–Trinajstić information content (AvgIpc) is 2.78. The van der Waals surface area contributed by atoms with Gasteiger partial charge in [0.15, 0.2) is 0 Å². The second-order valence-corrected chi connectivity index (χ2v) is 8.85. The van der Waals surface area contributed by atoms with Crippen LogP contribution in [0.3, 0.4) is 0 Å². The van der Waals surface area contributed by atoms with E-state index in [-0.39, 0.29) is 17.6 Å². The summed E-state index contributed by atoms with van der Waals surface area (Å²) in [5, 5.41) is 16.9. The first-order valence-corrected chi connectivity index (χ1v) is 11.7. The molecule has 0 aromatic heterocycles. The second kappa shape index (κ2) is 13.8. The molecule has 0 saturated heterocycles. The van der Waals surface area contributed by atoms with E-state index in [1.807, 2.05) is 44.2 Å². The van der Waals surface area contributed by atoms with Crippen LogP contribution in [0.1, 0.15) is 39.7 Å². The Kier molecular flexibility index (Phi) is 11.9. The van der Waals surface area contributed by atoms with Crippen molar-refractivity contribution >= 4 is 36.3 Å². The SMILES string of the molecule is CCC(C)C(NC(=O)C(N)Cc1ccccc1)C(=O)NC(C(=O)NC(CS)C(=O)O)C(C)C. The standard InChI is InChI=1S/C23H36N4O5S/c1-5-14(4)19(27-20(28)16(24)11-15-9-7-6-8-10-15)22(30)26-18(13(2)3)21(29)25-17(12-33)23(31)32/h6-10,13-14,16-19,33H,5,11-12,24H2,1-4H3,(H,25,29)(H,26,30)(H,27,28)(H,31,32). The van der Waals surface area contributed by atoms with Crippen molar-refractivity contribution in [3.63, 3.8) is 0 Å². The fraction of sp³-hybridized carbons (Fsp3) is 0.565. The lowest BCUT2D eigenvalue weighted by Gasteiger charge is -2.29. The highest BCUT2D eigenvalue weighted by atomic mass is 32.1. The lowest BCUT2D eigenvalue weighted by atomic mass is 9.95. The van der Waals surface area contributed by atoms with Crippen molar-refractivity contribution in [3.05, 3.63) is 35.9 Å². The van der Waals surface area contributed by atoms with Gasteiger partial charge in [0.2, 0.25) is 17.7 Å². The van der Waals surface area contributed by atoms with Crippen LogP contribution in [-0.4, -0.2) is 58.7 Å². The minimum absolute atomic E-state index is 0.0926. The van der Waals surface area contributed by atoms with E-state index in [0.29, 0.717) is 12.8 Å². The number of nitrogens with two attached hydrogens (primary N) is 1. The van der Waals surface area contributed by atoms with Gasteiger partial charge in [-0.2, -0.15) is 12.6 Å². The van der Waals surface area contributed by atoms with Crippen LogP contribution in [0.5, 0.6) is 0 Å². The molecular weight excluding hydrogens is 444 g/mol. The van der Waals surface area contributed by atoms with Gasteiger partial charge in [-0.3, -0.25) is 14.4 Å². The fourth-order valence-electron chi connectivity index (χ4n) is 3.15. The predicted octanol–water partition coefficient (Wildman–Crippen LogP) is 0.727. The van der Waals surface area contributed by atoms with E-state index in [2.05, 4.69) is 28.6 Å². The number of nitrogens with one attached hydrogen (secondary N) is 3. The Morgan fingerprint density at radius 1 is 0.939 bits per heavy atom. The molecule has 1 rings (SSSR count). The van der Waals surface area contributed by atoms with Gasteiger partial charge in [0, 0.05) is 5.75 Å². The summed E-state index contributed by atoms with van der Waals surface area (Å²) in [6.07, 6.45) is 0.921. The summed E-state index contributed by atoms with van der Waals surface area (Å²) in [6, 6.07) is 5.40. The number of carbonyl (C=O) groups is 4. The smallest absolute Gasteiger partial charge is 0.327 e. The fourth-order valence-corrected chi connectivity index (χ4v) is 3.40. The van der Waals surface area contributed by atoms with Crippen molar-refractivity contribution in [2.75, 3.05) is 5.75 Å². The molecule has 3 amide bonds. The lowest BCUT2D eigenvalue weighted by Crippen LogP contribution is -2.60. The van der Waals surface area contributed by atoms with Crippen molar-refractivity contribution in [3.8, 4) is 0 Å². The normalized spacial score (nSPS) is 15.6. The molecule has 9 nitrogen and oxygen atoms in total. The molecule has 0 bridgehead atoms. The monoisotopic (exact) mass is 480 g/mol. The molecule has 1 aromatic carbocycles. The molecule has 6 N–H and O–H groups in total. The van der Waals surface area contributed by atoms with Crippen LogP contribution < -0.4 is 21.7 Å². The molecule has 10 heteroatoms. The molecule has 1 aromatic rings. The summed E-state index contributed by atoms with van der Waals surface area (Å²) in [5.74, 6) is -3.49. The molecule has 0 fully saturated rings. The maximum absolute atomic E-state index is 13.1. The van der Waals surface area contributed by atoms with Gasteiger partial charge in [0.1, 0.15) is 18.1 Å². The van der Waals surface area contributed by atoms with Crippen molar-refractivity contribution in [1.82, 2.24) is 16.0 Å². The van der Waals surface area contributed by atoms with Gasteiger partial charge in [-0.25, -0.2) is 4.79 Å². The quantitative estimate of drug-likeness (QED) is 0.229. The summed E-state index contributed by atoms with van der Waals surface area (Å²) in [4.78, 5) is 49.7. The summed E-state index contributed by atoms with van der Waals surface area (Å²) >= 11 is 3.94. The number of carboxylic acid groups (broad SMARTS) is 1. The summed E-state index contributed by atoms with van der Waals surface area (Å²) in [5.41, 5.74) is 6.97. The second-order valence-electron chi connectivity index (χ2n) is 8.48. The third-order valence-electron chi connectivity index (χ3n) is 5.47. The molecule has 0 aliphatic carbocycles. The topological polar surface area (TPSA) is 151 Å². The van der Waals surface area contributed by atoms with Gasteiger partial charge < -0.3 is 26.8 Å². The van der Waals surface area contributed by atoms with Crippen LogP contribution in [0.2, 0.25) is 0 Å². The Labute approximate surface area is 200 Å². The van der Waals surface area contributed by atoms with Crippen molar-refractivity contribution < 1.29 is 24.3 Å². The van der Waals surface area contributed by atoms with E-state index in [1.165, 1.54) is 0 Å². The van der Waals surface area contributed by atoms with E-state index >= 15 is 0 Å². The van der Waals surface area contributed by atoms with Crippen molar-refractivity contribution in [1.29, 1.82) is 0 Å². The van der Waals surface area contributed by atoms with E-state index in [9.17, 15) is 19.2 Å². The number of aliphatic carboxylic acids is 1. The van der Waals surface area contributed by atoms with Crippen molar-refractivity contribution in [2.24, 2.45) is 17.6 Å². The zero-order chi connectivity index (χ0) is 25.1. The van der Waals surface area contributed by atoms with Crippen molar-refractivity contribution in [2.45, 2.75) is 64.7 Å². The molecular formula is C23H36N4O5S. The number of benzene rings is 1. The van der Waals surface area contributed by atoms with E-state index < -0.39 is 47.9 Å². The number of hydrogen-bond acceptors (Lipinski definition) is 6. The maximum Gasteiger partial charge on any atom is 0.327 e. The minimum atomic E-state index is -1.22. The van der Waals surface area contributed by atoms with Crippen LogP contribution in [0.25, 0.3) is 0 Å². The van der Waals surface area contributed by atoms with Crippen LogP contribution in [0.4, 0.5) is 0 Å². The van der Waals surface area contributed by atoms with Crippen LogP contribution in [0, 0.1) is 11.8 Å². The highest BCUT2D eigenvalue weighted by Crippen LogP contribution is 2.11. The zero-order valence-electron chi connectivity index (χ0n) is 19.6. The molecule has 0 aliphatic rings. The third kappa shape index (κ3) is 9.05. The largest absolute Gasteiger partial charge is 0.480 e. The maximum atomic E-state index is 13.1. The average molecular weight is 481 g/mol. The van der Waals surface area contributed by atoms with Gasteiger partial charge >= 0.3 is 5.97 Å². The van der Waals surface area contributed by atoms with E-state index in [1.54, 1.807) is 13.8 Å². The Balaban J connectivity index is 2.92. The summed E-state index contributed by atoms with van der Waals surface area (Å²) in [6.45, 7) is 7.16. The highest BCUT2D eigenvalue weighted by molar-refractivity contribution is 7.80. The molecule has 0 spiro atoms. The Hall–Kier alpha value is -2.59. The molecule has 184 valence electrons. The number of hydrogen-bond donors (Lipinski definition) is 6. The first-order chi connectivity index (χ1) is 15.5. The van der Waals surface area contributed by atoms with Gasteiger partial charge in [0.05, 0.1) is 6.04 Å². The molecule has 0 aliphatic heterocycles. The van der Waals surface area contributed by atoms with Gasteiger partial charge in [-0.1, -0.05) is 64.4 Å². The van der Waals surface area contributed by atoms with Crippen LogP contribution in [-0.2, 0) is 25.6 Å². The molecule has 0 radical (unpaired) electrons.